The van der Waals surface area contributed by atoms with Crippen LogP contribution in [0.1, 0.15) is 38.9 Å². The minimum absolute atomic E-state index is 0.0204. The molecule has 29 heavy (non-hydrogen) atoms. The molecule has 0 aliphatic rings. The molecule has 6 nitrogen and oxygen atoms in total. The van der Waals surface area contributed by atoms with Crippen LogP contribution in [-0.4, -0.2) is 33.5 Å². The number of nitrogens with one attached hydrogen (secondary N) is 2. The predicted octanol–water partition coefficient (Wildman–Crippen LogP) is 3.27. The van der Waals surface area contributed by atoms with E-state index in [2.05, 4.69) is 10.0 Å². The summed E-state index contributed by atoms with van der Waals surface area (Å²) in [6.07, 6.45) is 0.618. The molecule has 2 atom stereocenters. The number of sulfonamides is 1. The fourth-order valence-electron chi connectivity index (χ4n) is 2.80. The Hall–Kier alpha value is -2.22. The van der Waals surface area contributed by atoms with E-state index in [0.29, 0.717) is 19.6 Å². The highest BCUT2D eigenvalue weighted by molar-refractivity contribution is 7.89. The molecule has 0 saturated carbocycles. The van der Waals surface area contributed by atoms with Gasteiger partial charge in [0, 0.05) is 13.2 Å². The van der Waals surface area contributed by atoms with Gasteiger partial charge in [0.15, 0.2) is 0 Å². The van der Waals surface area contributed by atoms with E-state index in [1.54, 1.807) is 18.2 Å². The molecular formula is C22H30N2O4S. The van der Waals surface area contributed by atoms with Crippen LogP contribution in [0.2, 0.25) is 0 Å². The largest absolute Gasteiger partial charge is 0.374 e. The van der Waals surface area contributed by atoms with Crippen molar-refractivity contribution in [1.29, 1.82) is 0 Å². The van der Waals surface area contributed by atoms with E-state index in [1.165, 1.54) is 12.1 Å². The molecule has 158 valence electrons. The molecule has 0 aliphatic heterocycles. The molecule has 1 amide bonds. The van der Waals surface area contributed by atoms with Gasteiger partial charge < -0.3 is 10.1 Å². The first kappa shape index (κ1) is 23.1. The second-order valence-electron chi connectivity index (χ2n) is 7.22. The van der Waals surface area contributed by atoms with Gasteiger partial charge in [-0.15, -0.1) is 0 Å². The van der Waals surface area contributed by atoms with Crippen molar-refractivity contribution in [3.63, 3.8) is 0 Å². The number of amides is 1. The molecule has 2 aromatic carbocycles. The summed E-state index contributed by atoms with van der Waals surface area (Å²) >= 11 is 0. The van der Waals surface area contributed by atoms with Crippen LogP contribution in [0.4, 0.5) is 0 Å². The van der Waals surface area contributed by atoms with Gasteiger partial charge in [0.25, 0.3) is 0 Å². The molecule has 1 unspecified atom stereocenters. The van der Waals surface area contributed by atoms with Crippen molar-refractivity contribution in [3.8, 4) is 0 Å². The number of carbonyl (C=O) groups is 1. The molecule has 0 aromatic heterocycles. The molecule has 2 rings (SSSR count). The lowest BCUT2D eigenvalue weighted by molar-refractivity contribution is -0.123. The van der Waals surface area contributed by atoms with Gasteiger partial charge in [-0.05, 0) is 37.0 Å². The van der Waals surface area contributed by atoms with Gasteiger partial charge in [-0.1, -0.05) is 62.4 Å². The van der Waals surface area contributed by atoms with E-state index in [-0.39, 0.29) is 22.8 Å². The Morgan fingerprint density at radius 1 is 0.966 bits per heavy atom. The molecule has 2 N–H and O–H groups in total. The van der Waals surface area contributed by atoms with E-state index in [9.17, 15) is 13.2 Å². The van der Waals surface area contributed by atoms with E-state index in [0.717, 1.165) is 5.56 Å². The predicted molar refractivity (Wildman–Crippen MR) is 114 cm³/mol. The molecule has 0 fully saturated rings. The topological polar surface area (TPSA) is 84.5 Å². The van der Waals surface area contributed by atoms with Crippen molar-refractivity contribution in [2.24, 2.45) is 5.92 Å². The monoisotopic (exact) mass is 418 g/mol. The Bertz CT molecular complexity index is 855. The van der Waals surface area contributed by atoms with Gasteiger partial charge in [-0.2, -0.15) is 4.72 Å². The molecule has 0 heterocycles. The SMILES string of the molecule is CC(OCCCNC(=O)[C@@H](NS(=O)(=O)c1ccccc1)C(C)C)c1ccccc1. The van der Waals surface area contributed by atoms with Crippen LogP contribution < -0.4 is 10.0 Å². The van der Waals surface area contributed by atoms with Crippen LogP contribution in [0.5, 0.6) is 0 Å². The van der Waals surface area contributed by atoms with Crippen LogP contribution in [0.25, 0.3) is 0 Å². The van der Waals surface area contributed by atoms with E-state index in [4.69, 9.17) is 4.74 Å². The lowest BCUT2D eigenvalue weighted by Gasteiger charge is -2.22. The van der Waals surface area contributed by atoms with E-state index >= 15 is 0 Å². The van der Waals surface area contributed by atoms with E-state index in [1.807, 2.05) is 51.1 Å². The van der Waals surface area contributed by atoms with Gasteiger partial charge in [-0.25, -0.2) is 8.42 Å². The third-order valence-corrected chi connectivity index (χ3v) is 6.00. The quantitative estimate of drug-likeness (QED) is 0.549. The first-order valence-electron chi connectivity index (χ1n) is 9.83. The fraction of sp³-hybridized carbons (Fsp3) is 0.409. The number of carbonyl (C=O) groups excluding carboxylic acids is 1. The van der Waals surface area contributed by atoms with Crippen molar-refractivity contribution in [1.82, 2.24) is 10.0 Å². The maximum atomic E-state index is 12.5. The summed E-state index contributed by atoms with van der Waals surface area (Å²) in [7, 11) is -3.76. The molecule has 0 spiro atoms. The maximum Gasteiger partial charge on any atom is 0.241 e. The van der Waals surface area contributed by atoms with Crippen LogP contribution in [0.3, 0.4) is 0 Å². The summed E-state index contributed by atoms with van der Waals surface area (Å²) < 4.78 is 33.4. The lowest BCUT2D eigenvalue weighted by Crippen LogP contribution is -2.49. The van der Waals surface area contributed by atoms with Crippen molar-refractivity contribution in [2.45, 2.75) is 44.2 Å². The van der Waals surface area contributed by atoms with Crippen LogP contribution in [-0.2, 0) is 19.6 Å². The molecule has 0 saturated heterocycles. The summed E-state index contributed by atoms with van der Waals surface area (Å²) in [6, 6.07) is 17.1. The smallest absolute Gasteiger partial charge is 0.241 e. The third-order valence-electron chi connectivity index (χ3n) is 4.54. The van der Waals surface area contributed by atoms with Crippen molar-refractivity contribution in [3.05, 3.63) is 66.2 Å². The Labute approximate surface area is 173 Å². The summed E-state index contributed by atoms with van der Waals surface area (Å²) in [5.41, 5.74) is 1.10. The number of hydrogen-bond donors (Lipinski definition) is 2. The highest BCUT2D eigenvalue weighted by atomic mass is 32.2. The van der Waals surface area contributed by atoms with Crippen LogP contribution >= 0.6 is 0 Å². The first-order chi connectivity index (χ1) is 13.8. The van der Waals surface area contributed by atoms with Gasteiger partial charge in [-0.3, -0.25) is 4.79 Å². The zero-order valence-corrected chi connectivity index (χ0v) is 18.0. The number of hydrogen-bond acceptors (Lipinski definition) is 4. The maximum absolute atomic E-state index is 12.5. The standard InChI is InChI=1S/C22H30N2O4S/c1-17(2)21(24-29(26,27)20-13-8-5-9-14-20)22(25)23-15-10-16-28-18(3)19-11-6-4-7-12-19/h4-9,11-14,17-18,21,24H,10,15-16H2,1-3H3,(H,23,25)/t18?,21-/m0/s1. The van der Waals surface area contributed by atoms with Crippen LogP contribution in [0.15, 0.2) is 65.6 Å². The molecule has 7 heteroatoms. The summed E-state index contributed by atoms with van der Waals surface area (Å²) in [5, 5.41) is 2.81. The fourth-order valence-corrected chi connectivity index (χ4v) is 4.17. The second kappa shape index (κ2) is 11.1. The number of ether oxygens (including phenoxy) is 1. The van der Waals surface area contributed by atoms with Gasteiger partial charge in [0.05, 0.1) is 11.0 Å². The normalized spacial score (nSPS) is 13.8. The molecular weight excluding hydrogens is 388 g/mol. The van der Waals surface area contributed by atoms with Crippen molar-refractivity contribution < 1.29 is 17.9 Å². The Morgan fingerprint density at radius 2 is 1.55 bits per heavy atom. The van der Waals surface area contributed by atoms with Gasteiger partial charge in [0.1, 0.15) is 6.04 Å². The lowest BCUT2D eigenvalue weighted by atomic mass is 10.1. The number of benzene rings is 2. The van der Waals surface area contributed by atoms with E-state index < -0.39 is 16.1 Å². The average molecular weight is 419 g/mol. The zero-order valence-electron chi connectivity index (χ0n) is 17.2. The third kappa shape index (κ3) is 7.27. The van der Waals surface area contributed by atoms with Crippen molar-refractivity contribution in [2.75, 3.05) is 13.2 Å². The molecule has 0 aliphatic carbocycles. The van der Waals surface area contributed by atoms with Crippen LogP contribution in [0, 0.1) is 5.92 Å². The average Bonchev–Trinajstić information content (AvgIpc) is 2.72. The Balaban J connectivity index is 1.81. The molecule has 2 aromatic rings. The molecule has 0 bridgehead atoms. The summed E-state index contributed by atoms with van der Waals surface area (Å²) in [4.78, 5) is 12.7. The highest BCUT2D eigenvalue weighted by Gasteiger charge is 2.28. The van der Waals surface area contributed by atoms with Gasteiger partial charge >= 0.3 is 0 Å². The number of rotatable bonds is 11. The molecule has 0 radical (unpaired) electrons. The second-order valence-corrected chi connectivity index (χ2v) is 8.94. The van der Waals surface area contributed by atoms with Crippen molar-refractivity contribution >= 4 is 15.9 Å². The first-order valence-corrected chi connectivity index (χ1v) is 11.3. The highest BCUT2D eigenvalue weighted by Crippen LogP contribution is 2.16. The Morgan fingerprint density at radius 3 is 2.14 bits per heavy atom. The minimum atomic E-state index is -3.76. The zero-order chi connectivity index (χ0) is 21.3. The minimum Gasteiger partial charge on any atom is -0.374 e. The summed E-state index contributed by atoms with van der Waals surface area (Å²) in [6.45, 7) is 6.51. The van der Waals surface area contributed by atoms with Gasteiger partial charge in [0.2, 0.25) is 15.9 Å². The Kier molecular flexibility index (Phi) is 8.82. The summed E-state index contributed by atoms with van der Waals surface area (Å²) in [5.74, 6) is -0.529.